The van der Waals surface area contributed by atoms with Crippen molar-refractivity contribution in [2.45, 2.75) is 25.8 Å². The first-order valence-corrected chi connectivity index (χ1v) is 4.77. The Morgan fingerprint density at radius 3 is 3.00 bits per heavy atom. The van der Waals surface area contributed by atoms with Gasteiger partial charge in [0.15, 0.2) is 0 Å². The lowest BCUT2D eigenvalue weighted by Gasteiger charge is -2.00. The SMILES string of the molecule is NNC(=O)CCCCn1cc(Cl)cn1. The van der Waals surface area contributed by atoms with Gasteiger partial charge >= 0.3 is 0 Å². The number of nitrogens with zero attached hydrogens (tertiary/aromatic N) is 2. The highest BCUT2D eigenvalue weighted by Crippen LogP contribution is 2.06. The van der Waals surface area contributed by atoms with Crippen LogP contribution >= 0.6 is 11.6 Å². The number of hydrogen-bond donors (Lipinski definition) is 2. The molecule has 0 radical (unpaired) electrons. The molecule has 0 spiro atoms. The Bertz CT molecular complexity index is 299. The molecule has 1 heterocycles. The van der Waals surface area contributed by atoms with Crippen LogP contribution in [0.15, 0.2) is 12.4 Å². The third kappa shape index (κ3) is 3.76. The van der Waals surface area contributed by atoms with Crippen LogP contribution in [0.5, 0.6) is 0 Å². The van der Waals surface area contributed by atoms with Crippen LogP contribution in [0.2, 0.25) is 5.02 Å². The van der Waals surface area contributed by atoms with E-state index in [1.807, 2.05) is 0 Å². The molecule has 3 N–H and O–H groups in total. The summed E-state index contributed by atoms with van der Waals surface area (Å²) in [6, 6.07) is 0. The molecule has 0 aliphatic carbocycles. The van der Waals surface area contributed by atoms with Gasteiger partial charge in [0.1, 0.15) is 0 Å². The molecular weight excluding hydrogens is 204 g/mol. The van der Waals surface area contributed by atoms with Gasteiger partial charge in [-0.25, -0.2) is 5.84 Å². The van der Waals surface area contributed by atoms with Crippen LogP contribution in [-0.2, 0) is 11.3 Å². The maximum Gasteiger partial charge on any atom is 0.233 e. The third-order valence-electron chi connectivity index (χ3n) is 1.80. The van der Waals surface area contributed by atoms with Crippen LogP contribution in [0, 0.1) is 0 Å². The van der Waals surface area contributed by atoms with E-state index in [0.717, 1.165) is 19.4 Å². The van der Waals surface area contributed by atoms with Gasteiger partial charge in [-0.2, -0.15) is 5.10 Å². The summed E-state index contributed by atoms with van der Waals surface area (Å²) in [5, 5.41) is 4.64. The summed E-state index contributed by atoms with van der Waals surface area (Å²) >= 11 is 5.68. The molecule has 0 aliphatic heterocycles. The second-order valence-corrected chi connectivity index (χ2v) is 3.38. The van der Waals surface area contributed by atoms with Crippen LogP contribution in [0.3, 0.4) is 0 Å². The molecule has 0 aromatic carbocycles. The summed E-state index contributed by atoms with van der Waals surface area (Å²) in [5.74, 6) is 4.80. The molecule has 14 heavy (non-hydrogen) atoms. The third-order valence-corrected chi connectivity index (χ3v) is 2.00. The minimum Gasteiger partial charge on any atom is -0.294 e. The highest BCUT2D eigenvalue weighted by atomic mass is 35.5. The molecule has 1 aromatic heterocycles. The lowest BCUT2D eigenvalue weighted by Crippen LogP contribution is -2.29. The van der Waals surface area contributed by atoms with Gasteiger partial charge in [-0.15, -0.1) is 0 Å². The Balaban J connectivity index is 2.13. The first-order chi connectivity index (χ1) is 6.72. The summed E-state index contributed by atoms with van der Waals surface area (Å²) in [6.07, 6.45) is 5.47. The number of unbranched alkanes of at least 4 members (excludes halogenated alkanes) is 1. The van der Waals surface area contributed by atoms with Crippen LogP contribution in [-0.4, -0.2) is 15.7 Å². The number of carbonyl (C=O) groups excluding carboxylic acids is 1. The Kier molecular flexibility index (Phi) is 4.42. The molecule has 6 heteroatoms. The van der Waals surface area contributed by atoms with E-state index in [1.54, 1.807) is 17.1 Å². The summed E-state index contributed by atoms with van der Waals surface area (Å²) in [4.78, 5) is 10.7. The summed E-state index contributed by atoms with van der Waals surface area (Å²) < 4.78 is 1.75. The van der Waals surface area contributed by atoms with Gasteiger partial charge in [-0.05, 0) is 12.8 Å². The van der Waals surface area contributed by atoms with Gasteiger partial charge < -0.3 is 0 Å². The summed E-state index contributed by atoms with van der Waals surface area (Å²) in [5.41, 5.74) is 2.09. The Hall–Kier alpha value is -1.07. The van der Waals surface area contributed by atoms with Gasteiger partial charge in [0.2, 0.25) is 5.91 Å². The van der Waals surface area contributed by atoms with E-state index in [0.29, 0.717) is 11.4 Å². The minimum atomic E-state index is -0.136. The van der Waals surface area contributed by atoms with E-state index in [4.69, 9.17) is 17.4 Å². The fraction of sp³-hybridized carbons (Fsp3) is 0.500. The lowest BCUT2D eigenvalue weighted by atomic mass is 10.2. The number of nitrogens with one attached hydrogen (secondary N) is 1. The average Bonchev–Trinajstić information content (AvgIpc) is 2.58. The largest absolute Gasteiger partial charge is 0.294 e. The Morgan fingerprint density at radius 2 is 2.43 bits per heavy atom. The Labute approximate surface area is 87.2 Å². The van der Waals surface area contributed by atoms with Crippen molar-refractivity contribution < 1.29 is 4.79 Å². The molecular formula is C8H13ClN4O. The number of nitrogens with two attached hydrogens (primary N) is 1. The fourth-order valence-corrected chi connectivity index (χ4v) is 1.25. The highest BCUT2D eigenvalue weighted by Gasteiger charge is 1.99. The van der Waals surface area contributed by atoms with E-state index in [9.17, 15) is 4.79 Å². The smallest absolute Gasteiger partial charge is 0.233 e. The molecule has 0 unspecified atom stereocenters. The van der Waals surface area contributed by atoms with Gasteiger partial charge in [0, 0.05) is 19.2 Å². The molecule has 1 amide bonds. The quantitative estimate of drug-likeness (QED) is 0.329. The number of hydrazine groups is 1. The number of aryl methyl sites for hydroxylation is 1. The molecule has 1 rings (SSSR count). The van der Waals surface area contributed by atoms with Crippen LogP contribution in [0.1, 0.15) is 19.3 Å². The van der Waals surface area contributed by atoms with Crippen molar-refractivity contribution in [2.75, 3.05) is 0 Å². The van der Waals surface area contributed by atoms with Crippen LogP contribution in [0.25, 0.3) is 0 Å². The van der Waals surface area contributed by atoms with Crippen molar-refractivity contribution in [1.29, 1.82) is 0 Å². The predicted octanol–water partition coefficient (Wildman–Crippen LogP) is 0.697. The lowest BCUT2D eigenvalue weighted by molar-refractivity contribution is -0.121. The number of rotatable bonds is 5. The molecule has 0 saturated heterocycles. The molecule has 0 atom stereocenters. The van der Waals surface area contributed by atoms with Crippen molar-refractivity contribution in [3.8, 4) is 0 Å². The summed E-state index contributed by atoms with van der Waals surface area (Å²) in [6.45, 7) is 0.768. The van der Waals surface area contributed by atoms with Gasteiger partial charge in [-0.3, -0.25) is 14.9 Å². The second-order valence-electron chi connectivity index (χ2n) is 2.95. The summed E-state index contributed by atoms with van der Waals surface area (Å²) in [7, 11) is 0. The number of hydrogen-bond acceptors (Lipinski definition) is 3. The number of halogens is 1. The molecule has 1 aromatic rings. The maximum atomic E-state index is 10.7. The first-order valence-electron chi connectivity index (χ1n) is 4.40. The first kappa shape index (κ1) is 11.0. The monoisotopic (exact) mass is 216 g/mol. The van der Waals surface area contributed by atoms with E-state index < -0.39 is 0 Å². The molecule has 0 fully saturated rings. The van der Waals surface area contributed by atoms with Gasteiger partial charge in [0.05, 0.1) is 11.2 Å². The van der Waals surface area contributed by atoms with Crippen molar-refractivity contribution in [1.82, 2.24) is 15.2 Å². The fourth-order valence-electron chi connectivity index (χ4n) is 1.09. The molecule has 78 valence electrons. The highest BCUT2D eigenvalue weighted by molar-refractivity contribution is 6.30. The molecule has 0 aliphatic rings. The van der Waals surface area contributed by atoms with E-state index in [2.05, 4.69) is 10.5 Å². The number of amides is 1. The predicted molar refractivity (Wildman–Crippen MR) is 53.4 cm³/mol. The van der Waals surface area contributed by atoms with Crippen LogP contribution in [0.4, 0.5) is 0 Å². The van der Waals surface area contributed by atoms with Gasteiger partial charge in [-0.1, -0.05) is 11.6 Å². The van der Waals surface area contributed by atoms with Gasteiger partial charge in [0.25, 0.3) is 0 Å². The molecule has 0 saturated carbocycles. The minimum absolute atomic E-state index is 0.136. The average molecular weight is 217 g/mol. The Morgan fingerprint density at radius 1 is 1.64 bits per heavy atom. The number of aromatic nitrogens is 2. The zero-order valence-corrected chi connectivity index (χ0v) is 8.50. The van der Waals surface area contributed by atoms with E-state index in [1.165, 1.54) is 0 Å². The molecule has 5 nitrogen and oxygen atoms in total. The maximum absolute atomic E-state index is 10.7. The second kappa shape index (κ2) is 5.62. The number of carbonyl (C=O) groups is 1. The van der Waals surface area contributed by atoms with Crippen molar-refractivity contribution in [3.63, 3.8) is 0 Å². The van der Waals surface area contributed by atoms with E-state index >= 15 is 0 Å². The normalized spacial score (nSPS) is 10.1. The molecule has 0 bridgehead atoms. The topological polar surface area (TPSA) is 72.9 Å². The van der Waals surface area contributed by atoms with Crippen molar-refractivity contribution in [3.05, 3.63) is 17.4 Å². The van der Waals surface area contributed by atoms with Crippen molar-refractivity contribution >= 4 is 17.5 Å². The van der Waals surface area contributed by atoms with Crippen LogP contribution < -0.4 is 11.3 Å². The zero-order valence-electron chi connectivity index (χ0n) is 7.74. The standard InChI is InChI=1S/C8H13ClN4O/c9-7-5-11-13(6-7)4-2-1-3-8(14)12-10/h5-6H,1-4,10H2,(H,12,14). The van der Waals surface area contributed by atoms with E-state index in [-0.39, 0.29) is 5.91 Å². The van der Waals surface area contributed by atoms with Crippen molar-refractivity contribution in [2.24, 2.45) is 5.84 Å². The zero-order chi connectivity index (χ0) is 10.4.